The zero-order valence-corrected chi connectivity index (χ0v) is 24.1. The molecule has 5 rings (SSSR count). The molecule has 2 aliphatic heterocycles. The Morgan fingerprint density at radius 2 is 1.81 bits per heavy atom. The van der Waals surface area contributed by atoms with Crippen molar-refractivity contribution >= 4 is 17.4 Å². The van der Waals surface area contributed by atoms with Gasteiger partial charge in [0.2, 0.25) is 0 Å². The van der Waals surface area contributed by atoms with Crippen LogP contribution in [-0.4, -0.2) is 64.2 Å². The number of fused-ring (bicyclic) bond motifs is 1. The molecule has 1 N–H and O–H groups in total. The average Bonchev–Trinajstić information content (AvgIpc) is 3.62. The van der Waals surface area contributed by atoms with Crippen molar-refractivity contribution in [2.45, 2.75) is 52.1 Å². The molecule has 0 radical (unpaired) electrons. The second-order valence-corrected chi connectivity index (χ2v) is 10.2. The van der Waals surface area contributed by atoms with Gasteiger partial charge in [-0.3, -0.25) is 9.59 Å². The SMILES string of the molecule is CCCCCOc1ccc([C@H]2C(=C(O)c3ccc4c(c3)OCCO4)C(=O)C(=O)N2CCCn2ccnc2)cc1OCC. The smallest absolute Gasteiger partial charge is 0.295 e. The molecule has 10 nitrogen and oxygen atoms in total. The van der Waals surface area contributed by atoms with E-state index in [0.29, 0.717) is 80.1 Å². The molecule has 0 spiro atoms. The molecule has 1 amide bonds. The molecular weight excluding hydrogens is 538 g/mol. The van der Waals surface area contributed by atoms with E-state index in [-0.39, 0.29) is 11.3 Å². The molecule has 3 heterocycles. The number of ether oxygens (including phenoxy) is 4. The summed E-state index contributed by atoms with van der Waals surface area (Å²) in [5.41, 5.74) is 1.01. The van der Waals surface area contributed by atoms with E-state index in [2.05, 4.69) is 11.9 Å². The van der Waals surface area contributed by atoms with Crippen molar-refractivity contribution in [3.63, 3.8) is 0 Å². The van der Waals surface area contributed by atoms with E-state index < -0.39 is 17.7 Å². The average molecular weight is 576 g/mol. The van der Waals surface area contributed by atoms with Crippen molar-refractivity contribution in [2.75, 3.05) is 33.0 Å². The fourth-order valence-electron chi connectivity index (χ4n) is 5.26. The van der Waals surface area contributed by atoms with E-state index in [1.807, 2.05) is 29.8 Å². The van der Waals surface area contributed by atoms with Gasteiger partial charge < -0.3 is 33.5 Å². The van der Waals surface area contributed by atoms with Crippen LogP contribution in [0.2, 0.25) is 0 Å². The minimum absolute atomic E-state index is 0.0124. The molecular formula is C32H37N3O7. The number of amides is 1. The lowest BCUT2D eigenvalue weighted by molar-refractivity contribution is -0.139. The lowest BCUT2D eigenvalue weighted by atomic mass is 9.94. The fraction of sp³-hybridized carbons (Fsp3) is 0.406. The predicted molar refractivity (Wildman–Crippen MR) is 156 cm³/mol. The van der Waals surface area contributed by atoms with Gasteiger partial charge in [0.05, 0.1) is 31.2 Å². The number of hydrogen-bond acceptors (Lipinski definition) is 8. The Morgan fingerprint density at radius 1 is 0.976 bits per heavy atom. The van der Waals surface area contributed by atoms with Crippen LogP contribution in [0.1, 0.15) is 56.7 Å². The number of imidazole rings is 1. The first-order valence-corrected chi connectivity index (χ1v) is 14.6. The molecule has 42 heavy (non-hydrogen) atoms. The number of carbonyl (C=O) groups is 2. The fourth-order valence-corrected chi connectivity index (χ4v) is 5.26. The van der Waals surface area contributed by atoms with Gasteiger partial charge in [0.15, 0.2) is 23.0 Å². The van der Waals surface area contributed by atoms with Crippen LogP contribution in [0.15, 0.2) is 60.7 Å². The van der Waals surface area contributed by atoms with Crippen LogP contribution in [0, 0.1) is 0 Å². The van der Waals surface area contributed by atoms with Gasteiger partial charge in [-0.15, -0.1) is 0 Å². The zero-order valence-electron chi connectivity index (χ0n) is 24.1. The molecule has 0 saturated carbocycles. The monoisotopic (exact) mass is 575 g/mol. The highest BCUT2D eigenvalue weighted by Gasteiger charge is 2.46. The van der Waals surface area contributed by atoms with Crippen LogP contribution in [-0.2, 0) is 16.1 Å². The maximum atomic E-state index is 13.5. The van der Waals surface area contributed by atoms with Gasteiger partial charge in [-0.25, -0.2) is 4.98 Å². The van der Waals surface area contributed by atoms with E-state index >= 15 is 0 Å². The third-order valence-corrected chi connectivity index (χ3v) is 7.32. The number of ketones is 1. The minimum Gasteiger partial charge on any atom is -0.507 e. The first kappa shape index (κ1) is 29.0. The Labute approximate surface area is 245 Å². The largest absolute Gasteiger partial charge is 0.507 e. The van der Waals surface area contributed by atoms with Gasteiger partial charge >= 0.3 is 0 Å². The summed E-state index contributed by atoms with van der Waals surface area (Å²) in [4.78, 5) is 32.6. The van der Waals surface area contributed by atoms with E-state index in [9.17, 15) is 14.7 Å². The summed E-state index contributed by atoms with van der Waals surface area (Å²) in [6.45, 7) is 6.72. The van der Waals surface area contributed by atoms with Gasteiger partial charge in [-0.05, 0) is 55.7 Å². The number of aromatic nitrogens is 2. The minimum atomic E-state index is -0.825. The number of aliphatic hydroxyl groups is 1. The number of unbranched alkanes of at least 4 members (excludes halogenated alkanes) is 2. The Bertz CT molecular complexity index is 1430. The number of Topliss-reactive ketones (excluding diaryl/α,β-unsaturated/α-hetero) is 1. The number of aliphatic hydroxyl groups excluding tert-OH is 1. The summed E-state index contributed by atoms with van der Waals surface area (Å²) >= 11 is 0. The van der Waals surface area contributed by atoms with Gasteiger partial charge in [-0.1, -0.05) is 25.8 Å². The quantitative estimate of drug-likeness (QED) is 0.129. The number of hydrogen-bond donors (Lipinski definition) is 1. The summed E-state index contributed by atoms with van der Waals surface area (Å²) < 4.78 is 25.2. The van der Waals surface area contributed by atoms with Crippen molar-refractivity contribution in [1.82, 2.24) is 14.5 Å². The van der Waals surface area contributed by atoms with Crippen molar-refractivity contribution in [3.8, 4) is 23.0 Å². The number of nitrogens with zero attached hydrogens (tertiary/aromatic N) is 3. The number of aryl methyl sites for hydroxylation is 1. The van der Waals surface area contributed by atoms with Gasteiger partial charge in [0.25, 0.3) is 11.7 Å². The summed E-state index contributed by atoms with van der Waals surface area (Å²) in [6.07, 6.45) is 8.92. The topological polar surface area (TPSA) is 112 Å². The summed E-state index contributed by atoms with van der Waals surface area (Å²) in [5, 5.41) is 11.5. The number of carbonyl (C=O) groups excluding carboxylic acids is 2. The van der Waals surface area contributed by atoms with Crippen LogP contribution in [0.5, 0.6) is 23.0 Å². The Hall–Kier alpha value is -4.47. The number of rotatable bonds is 13. The molecule has 1 atom stereocenters. The Morgan fingerprint density at radius 3 is 2.57 bits per heavy atom. The Kier molecular flexibility index (Phi) is 9.31. The maximum Gasteiger partial charge on any atom is 0.295 e. The van der Waals surface area contributed by atoms with Gasteiger partial charge in [-0.2, -0.15) is 0 Å². The molecule has 2 aliphatic rings. The molecule has 1 aromatic heterocycles. The van der Waals surface area contributed by atoms with Crippen LogP contribution in [0.4, 0.5) is 0 Å². The molecule has 222 valence electrons. The van der Waals surface area contributed by atoms with Crippen molar-refractivity contribution < 1.29 is 33.6 Å². The second kappa shape index (κ2) is 13.5. The third-order valence-electron chi connectivity index (χ3n) is 7.32. The first-order chi connectivity index (χ1) is 20.5. The standard InChI is InChI=1S/C32H37N3O7/c1-3-5-6-16-40-24-10-8-22(19-26(24)39-4-2)29-28(30(36)23-9-11-25-27(20-23)42-18-17-41-25)31(37)32(38)35(29)14-7-13-34-15-12-33-21-34/h8-12,15,19-21,29,36H,3-7,13-14,16-18H2,1-2H3/t29-/m0/s1. The van der Waals surface area contributed by atoms with E-state index in [4.69, 9.17) is 18.9 Å². The van der Waals surface area contributed by atoms with Gasteiger partial charge in [0, 0.05) is 31.0 Å². The van der Waals surface area contributed by atoms with Crippen molar-refractivity contribution in [3.05, 3.63) is 71.8 Å². The molecule has 2 aromatic carbocycles. The molecule has 1 saturated heterocycles. The highest BCUT2D eigenvalue weighted by molar-refractivity contribution is 6.46. The van der Waals surface area contributed by atoms with E-state index in [0.717, 1.165) is 19.3 Å². The lowest BCUT2D eigenvalue weighted by Gasteiger charge is -2.26. The maximum absolute atomic E-state index is 13.5. The molecule has 0 bridgehead atoms. The van der Waals surface area contributed by atoms with Crippen LogP contribution in [0.25, 0.3) is 5.76 Å². The van der Waals surface area contributed by atoms with E-state index in [1.54, 1.807) is 36.8 Å². The molecule has 3 aromatic rings. The molecule has 1 fully saturated rings. The van der Waals surface area contributed by atoms with Crippen LogP contribution >= 0.6 is 0 Å². The van der Waals surface area contributed by atoms with Crippen LogP contribution < -0.4 is 18.9 Å². The van der Waals surface area contributed by atoms with Crippen molar-refractivity contribution in [2.24, 2.45) is 0 Å². The van der Waals surface area contributed by atoms with E-state index in [1.165, 1.54) is 4.90 Å². The lowest BCUT2D eigenvalue weighted by Crippen LogP contribution is -2.31. The van der Waals surface area contributed by atoms with Crippen molar-refractivity contribution in [1.29, 1.82) is 0 Å². The normalized spacial score (nSPS) is 17.5. The summed E-state index contributed by atoms with van der Waals surface area (Å²) in [6, 6.07) is 9.59. The summed E-state index contributed by atoms with van der Waals surface area (Å²) in [7, 11) is 0. The number of likely N-dealkylation sites (tertiary alicyclic amines) is 1. The van der Waals surface area contributed by atoms with Gasteiger partial charge in [0.1, 0.15) is 19.0 Å². The highest BCUT2D eigenvalue weighted by Crippen LogP contribution is 2.43. The zero-order chi connectivity index (χ0) is 29.5. The second-order valence-electron chi connectivity index (χ2n) is 10.2. The Balaban J connectivity index is 1.53. The molecule has 0 aliphatic carbocycles. The summed E-state index contributed by atoms with van der Waals surface area (Å²) in [5.74, 6) is 0.473. The third kappa shape index (κ3) is 6.22. The molecule has 0 unspecified atom stereocenters. The first-order valence-electron chi connectivity index (χ1n) is 14.6. The molecule has 10 heteroatoms. The number of benzene rings is 2. The van der Waals surface area contributed by atoms with Crippen LogP contribution in [0.3, 0.4) is 0 Å². The predicted octanol–water partition coefficient (Wildman–Crippen LogP) is 5.13. The highest BCUT2D eigenvalue weighted by atomic mass is 16.6.